The van der Waals surface area contributed by atoms with Gasteiger partial charge >= 0.3 is 10.6 Å². The van der Waals surface area contributed by atoms with Crippen molar-refractivity contribution in [2.45, 2.75) is 110 Å². The van der Waals surface area contributed by atoms with Crippen LogP contribution in [0.3, 0.4) is 0 Å². The van der Waals surface area contributed by atoms with Crippen LogP contribution in [0.5, 0.6) is 17.4 Å². The van der Waals surface area contributed by atoms with Crippen LogP contribution in [-0.2, 0) is 76.1 Å². The zero-order valence-corrected chi connectivity index (χ0v) is 75.6. The molecule has 0 aliphatic rings. The molecule has 6 aromatic carbocycles. The van der Waals surface area contributed by atoms with Crippen LogP contribution in [0.2, 0.25) is 0 Å². The van der Waals surface area contributed by atoms with Crippen molar-refractivity contribution in [1.82, 2.24) is 24.3 Å². The summed E-state index contributed by atoms with van der Waals surface area (Å²) in [4.78, 5) is 43.0. The number of aryl methyl sites for hydroxylation is 2. The third-order valence-electron chi connectivity index (χ3n) is 16.8. The van der Waals surface area contributed by atoms with Crippen molar-refractivity contribution >= 4 is 221 Å². The molecule has 676 valence electrons. The number of nitriles is 1. The van der Waals surface area contributed by atoms with E-state index in [1.54, 1.807) is 50.2 Å². The molecule has 0 aliphatic carbocycles. The Labute approximate surface area is 739 Å². The lowest BCUT2D eigenvalue weighted by Crippen LogP contribution is -2.11. The van der Waals surface area contributed by atoms with Crippen LogP contribution in [0.15, 0.2) is 157 Å². The molecule has 0 saturated heterocycles. The minimum absolute atomic E-state index is 0.0145. The molecule has 10 N–H and O–H groups in total. The molecule has 9 rings (SSSR count). The number of ether oxygens (including phenoxy) is 2. The van der Waals surface area contributed by atoms with Crippen molar-refractivity contribution in [1.29, 1.82) is 5.26 Å². The molecular formula is C70H78N18O27S11. The number of unbranched alkanes of at least 4 members (excludes halogenated alkanes) is 2. The number of azo groups is 4. The summed E-state index contributed by atoms with van der Waals surface area (Å²) in [6.45, 7) is 6.40. The Morgan fingerprint density at radius 3 is 1.60 bits per heavy atom. The topological polar surface area (TPSA) is 691 Å². The van der Waals surface area contributed by atoms with Gasteiger partial charge in [-0.25, -0.2) is 4.98 Å². The van der Waals surface area contributed by atoms with E-state index < -0.39 is 133 Å². The number of nitrogens with one attached hydrogen (secondary N) is 3. The number of nitro groups is 1. The van der Waals surface area contributed by atoms with E-state index in [9.17, 15) is 103 Å². The van der Waals surface area contributed by atoms with Crippen molar-refractivity contribution in [2.75, 3.05) is 81.4 Å². The molecule has 3 aromatic heterocycles. The molecule has 0 radical (unpaired) electrons. The molecule has 126 heavy (non-hydrogen) atoms. The fourth-order valence-electron chi connectivity index (χ4n) is 11.0. The number of fused-ring (bicyclic) bond motifs is 3. The number of non-ortho nitro benzene ring substituents is 1. The Kier molecular flexibility index (Phi) is 36.3. The Morgan fingerprint density at radius 1 is 0.556 bits per heavy atom. The summed E-state index contributed by atoms with van der Waals surface area (Å²) < 4.78 is 242. The number of carbonyl (C=O) groups is 1. The number of methoxy groups -OCH3 is 1. The first kappa shape index (κ1) is 101. The molecule has 0 saturated carbocycles. The van der Waals surface area contributed by atoms with Crippen molar-refractivity contribution in [3.63, 3.8) is 0 Å². The SMILES string of the molecule is CCCCCC(=O)Nc1cc(N=Nc2cc(SCCCS(=O)(=O)O)c(N=Nc3cc(OCCCS(=O)(=O)O)c(N=Nc4c(C)c(C#N)c5nc6cc(OC)ccc6n5c4O)cc3C)cc2Nc2nc(Nc3cc(C)ccc3SCCCS(=O)(=O)O)nc(SCCCS(=O)(=O)O)n2)c(SCCCS(=O)(=O)O)cc1N=Nc1ccc([N+](=O)[O-])cc1S(=O)(=O)O.O=S(=O)=O. The summed E-state index contributed by atoms with van der Waals surface area (Å²) in [7, 11) is -29.3. The smallest absolute Gasteiger partial charge is 0.425 e. The molecule has 1 amide bonds. The van der Waals surface area contributed by atoms with Gasteiger partial charge in [-0.2, -0.15) is 75.8 Å². The molecule has 9 aromatic rings. The number of rotatable bonds is 45. The van der Waals surface area contributed by atoms with Crippen LogP contribution in [0.1, 0.15) is 87.0 Å². The van der Waals surface area contributed by atoms with Crippen LogP contribution < -0.4 is 25.4 Å². The lowest BCUT2D eigenvalue weighted by Gasteiger charge is -2.15. The first-order chi connectivity index (χ1) is 59.2. The van der Waals surface area contributed by atoms with Gasteiger partial charge in [-0.1, -0.05) is 37.6 Å². The van der Waals surface area contributed by atoms with Crippen LogP contribution in [-0.4, -0.2) is 196 Å². The van der Waals surface area contributed by atoms with Crippen LogP contribution in [0.25, 0.3) is 16.7 Å². The fourth-order valence-corrected chi connectivity index (χ4v) is 18.5. The van der Waals surface area contributed by atoms with Gasteiger partial charge in [0.05, 0.1) is 81.2 Å². The maximum absolute atomic E-state index is 13.9. The largest absolute Gasteiger partial charge is 0.497 e. The van der Waals surface area contributed by atoms with E-state index in [0.29, 0.717) is 58.3 Å². The number of anilines is 5. The zero-order valence-electron chi connectivity index (χ0n) is 66.6. The average molecular weight is 1960 g/mol. The Hall–Kier alpha value is -10.5. The molecule has 0 fully saturated rings. The quantitative estimate of drug-likeness (QED) is 0.00423. The number of thioether (sulfide) groups is 4. The van der Waals surface area contributed by atoms with Gasteiger partial charge in [0, 0.05) is 56.7 Å². The molecule has 0 atom stereocenters. The van der Waals surface area contributed by atoms with E-state index in [1.165, 1.54) is 66.6 Å². The maximum Gasteiger partial charge on any atom is 0.425 e. The van der Waals surface area contributed by atoms with E-state index >= 15 is 0 Å². The van der Waals surface area contributed by atoms with E-state index in [2.05, 4.69) is 67.7 Å². The lowest BCUT2D eigenvalue weighted by atomic mass is 10.1. The van der Waals surface area contributed by atoms with Gasteiger partial charge in [0.25, 0.3) is 66.4 Å². The van der Waals surface area contributed by atoms with Crippen molar-refractivity contribution in [3.8, 4) is 23.4 Å². The van der Waals surface area contributed by atoms with Crippen LogP contribution >= 0.6 is 47.0 Å². The van der Waals surface area contributed by atoms with Gasteiger partial charge in [-0.3, -0.25) is 46.6 Å². The first-order valence-electron chi connectivity index (χ1n) is 36.6. The highest BCUT2D eigenvalue weighted by molar-refractivity contribution is 8.00. The fraction of sp³-hybridized carbons (Fsp3) is 0.343. The summed E-state index contributed by atoms with van der Waals surface area (Å²) >= 11 is 4.03. The summed E-state index contributed by atoms with van der Waals surface area (Å²) in [5, 5.41) is 78.9. The van der Waals surface area contributed by atoms with Gasteiger partial charge in [0.1, 0.15) is 62.2 Å². The zero-order chi connectivity index (χ0) is 92.7. The molecule has 56 heteroatoms. The second kappa shape index (κ2) is 45.3. The number of hydrogen-bond donors (Lipinski definition) is 10. The Bertz CT molecular complexity index is 6640. The highest BCUT2D eigenvalue weighted by Gasteiger charge is 2.26. The van der Waals surface area contributed by atoms with E-state index in [-0.39, 0.29) is 169 Å². The highest BCUT2D eigenvalue weighted by Crippen LogP contribution is 2.47. The maximum atomic E-state index is 13.9. The third kappa shape index (κ3) is 32.1. The summed E-state index contributed by atoms with van der Waals surface area (Å²) in [5.41, 5.74) is 0.0373. The van der Waals surface area contributed by atoms with Crippen molar-refractivity contribution in [3.05, 3.63) is 123 Å². The highest BCUT2D eigenvalue weighted by atomic mass is 32.2. The number of benzene rings is 6. The van der Waals surface area contributed by atoms with Gasteiger partial charge in [-0.15, -0.1) is 83.7 Å². The molecule has 0 bridgehead atoms. The number of nitrogens with zero attached hydrogens (tertiary/aromatic N) is 15. The van der Waals surface area contributed by atoms with E-state index in [0.717, 1.165) is 53.0 Å². The second-order valence-electron chi connectivity index (χ2n) is 26.5. The number of imidazole rings is 1. The van der Waals surface area contributed by atoms with Crippen LogP contribution in [0.4, 0.5) is 80.1 Å². The lowest BCUT2D eigenvalue weighted by molar-refractivity contribution is -0.385. The third-order valence-corrected chi connectivity index (χ3v) is 26.0. The van der Waals surface area contributed by atoms with Gasteiger partial charge in [-0.05, 0) is 148 Å². The Balaban J connectivity index is 0.00000481. The normalized spacial score (nSPS) is 12.3. The van der Waals surface area contributed by atoms with Gasteiger partial charge in [0.2, 0.25) is 23.7 Å². The molecule has 0 aliphatic heterocycles. The summed E-state index contributed by atoms with van der Waals surface area (Å²) in [6.07, 6.45) is 0.941. The summed E-state index contributed by atoms with van der Waals surface area (Å²) in [6, 6.07) is 22.6. The number of carbonyl (C=O) groups excluding carboxylic acids is 1. The standard InChI is InChI=1S/C70H78N18O24S10.O3S/c1-6-7-8-14-64(89)72-49-35-56(61(114-23-11-28-119(99,100)101)38-51(49)81-79-47-18-16-44(88(91)92)33-63(47)122(108,109)110)85-82-52-39-62(115-24-12-29-120(102,103)104)57(36-50(52)74-68-76-69(78-70(77-68)116-25-13-30-121(105,106)107)75-55-31-41(2)15-20-60(55)113-22-10-27-118(96,97)98)84-80-48-37-59(112-21-9-26-117(93,94)95)54(32-42(48)3)83-86-65-43(4)46(40-71)66-73-53-34-45(111-5)17-19-58(53)87(66)67(65)90;1-4(2)3/h15-20,31-39,90H,6-14,21-30H2,1-5H3,(H,72,89)(H,93,94,95)(H,96,97,98)(H,99,100,101)(H,102,103,104)(H,105,106,107)(H,108,109,110)(H2,74,75,76,77,78);. The predicted molar refractivity (Wildman–Crippen MR) is 468 cm³/mol. The number of pyridine rings is 1. The number of nitro benzene ring substituents is 1. The predicted octanol–water partition coefficient (Wildman–Crippen LogP) is 15.1. The molecule has 45 nitrogen and oxygen atoms in total. The van der Waals surface area contributed by atoms with Crippen molar-refractivity contribution < 1.29 is 115 Å². The Morgan fingerprint density at radius 2 is 1.06 bits per heavy atom. The van der Waals surface area contributed by atoms with Crippen molar-refractivity contribution in [2.24, 2.45) is 40.9 Å². The minimum atomic E-state index is -5.23. The van der Waals surface area contributed by atoms with Crippen LogP contribution in [0, 0.1) is 42.2 Å². The monoisotopic (exact) mass is 1950 g/mol. The average Bonchev–Trinajstić information content (AvgIpc) is 1.58. The molecule has 0 unspecified atom stereocenters. The number of aromatic nitrogens is 5. The molecule has 3 heterocycles. The second-order valence-corrected chi connectivity index (χ2v) is 40.7. The molecular weight excluding hydrogens is 1880 g/mol. The number of hydrogen-bond acceptors (Lipinski definition) is 40. The van der Waals surface area contributed by atoms with E-state index in [1.807, 2.05) is 6.92 Å². The minimum Gasteiger partial charge on any atom is -0.497 e. The van der Waals surface area contributed by atoms with E-state index in [4.69, 9.17) is 37.3 Å². The van der Waals surface area contributed by atoms with Gasteiger partial charge in [0.15, 0.2) is 16.5 Å². The number of aromatic hydroxyl groups is 1. The summed E-state index contributed by atoms with van der Waals surface area (Å²) in [5.74, 6) is -4.57. The molecule has 0 spiro atoms. The van der Waals surface area contributed by atoms with Gasteiger partial charge < -0.3 is 30.5 Å². The first-order valence-corrected chi connectivity index (χ1v) is 51.0. The number of amides is 1.